The molecule has 0 radical (unpaired) electrons. The Morgan fingerprint density at radius 1 is 0.630 bits per heavy atom. The Labute approximate surface area is 160 Å². The van der Waals surface area contributed by atoms with E-state index in [0.29, 0.717) is 5.56 Å². The van der Waals surface area contributed by atoms with Crippen LogP contribution in [0.2, 0.25) is 0 Å². The summed E-state index contributed by atoms with van der Waals surface area (Å²) >= 11 is 0. The van der Waals surface area contributed by atoms with Crippen molar-refractivity contribution in [2.45, 2.75) is 0 Å². The number of carbonyl (C=O) groups is 1. The van der Waals surface area contributed by atoms with Crippen molar-refractivity contribution in [2.75, 3.05) is 41.3 Å². The van der Waals surface area contributed by atoms with E-state index in [4.69, 9.17) is 0 Å². The van der Waals surface area contributed by atoms with Gasteiger partial charge in [-0.3, -0.25) is 4.79 Å². The second-order valence-electron chi connectivity index (χ2n) is 6.68. The predicted molar refractivity (Wildman–Crippen MR) is 112 cm³/mol. The van der Waals surface area contributed by atoms with Gasteiger partial charge >= 0.3 is 0 Å². The lowest BCUT2D eigenvalue weighted by atomic mass is 10.2. The van der Waals surface area contributed by atoms with Crippen molar-refractivity contribution in [3.63, 3.8) is 0 Å². The first-order valence-corrected chi connectivity index (χ1v) is 9.31. The van der Waals surface area contributed by atoms with Crippen LogP contribution in [0, 0.1) is 0 Å². The summed E-state index contributed by atoms with van der Waals surface area (Å²) in [6.07, 6.45) is 0. The third-order valence-corrected chi connectivity index (χ3v) is 4.93. The Morgan fingerprint density at radius 3 is 1.67 bits per heavy atom. The lowest BCUT2D eigenvalue weighted by Crippen LogP contribution is -2.46. The first kappa shape index (κ1) is 17.2. The van der Waals surface area contributed by atoms with E-state index in [2.05, 4.69) is 57.6 Å². The molecule has 0 aliphatic carbocycles. The minimum absolute atomic E-state index is 0.0835. The smallest absolute Gasteiger partial charge is 0.255 e. The van der Waals surface area contributed by atoms with Gasteiger partial charge in [-0.1, -0.05) is 36.4 Å². The highest BCUT2D eigenvalue weighted by Gasteiger charge is 2.17. The van der Waals surface area contributed by atoms with Gasteiger partial charge in [0, 0.05) is 48.8 Å². The van der Waals surface area contributed by atoms with Crippen molar-refractivity contribution in [3.05, 3.63) is 90.5 Å². The predicted octanol–water partition coefficient (Wildman–Crippen LogP) is 4.27. The van der Waals surface area contributed by atoms with E-state index in [0.717, 1.165) is 31.9 Å². The normalized spacial score (nSPS) is 14.1. The highest BCUT2D eigenvalue weighted by atomic mass is 16.1. The van der Waals surface area contributed by atoms with Crippen LogP contribution in [0.15, 0.2) is 84.9 Å². The molecule has 0 atom stereocenters. The molecule has 1 amide bonds. The van der Waals surface area contributed by atoms with Gasteiger partial charge in [-0.15, -0.1) is 0 Å². The average Bonchev–Trinajstić information content (AvgIpc) is 2.76. The molecule has 1 aliphatic heterocycles. The second kappa shape index (κ2) is 7.96. The zero-order valence-corrected chi connectivity index (χ0v) is 15.2. The zero-order valence-electron chi connectivity index (χ0n) is 15.2. The molecule has 0 aromatic heterocycles. The maximum absolute atomic E-state index is 12.2. The Hall–Kier alpha value is -3.27. The van der Waals surface area contributed by atoms with Crippen LogP contribution >= 0.6 is 0 Å². The molecule has 0 spiro atoms. The summed E-state index contributed by atoms with van der Waals surface area (Å²) in [5.74, 6) is -0.0835. The SMILES string of the molecule is O=C(Nc1ccc(N2CCN(c3ccccc3)CC2)cc1)c1ccccc1. The van der Waals surface area contributed by atoms with E-state index in [1.807, 2.05) is 42.5 Å². The quantitative estimate of drug-likeness (QED) is 0.758. The van der Waals surface area contributed by atoms with Gasteiger partial charge in [0.15, 0.2) is 0 Å². The molecule has 3 aromatic carbocycles. The fourth-order valence-electron chi connectivity index (χ4n) is 3.41. The summed E-state index contributed by atoms with van der Waals surface area (Å²) < 4.78 is 0. The largest absolute Gasteiger partial charge is 0.368 e. The van der Waals surface area contributed by atoms with Crippen LogP contribution in [0.4, 0.5) is 17.1 Å². The minimum atomic E-state index is -0.0835. The van der Waals surface area contributed by atoms with E-state index in [9.17, 15) is 4.79 Å². The standard InChI is InChI=1S/C23H23N3O/c27-23(19-7-3-1-4-8-19)24-20-11-13-22(14-12-20)26-17-15-25(16-18-26)21-9-5-2-6-10-21/h1-14H,15-18H2,(H,24,27). The lowest BCUT2D eigenvalue weighted by Gasteiger charge is -2.37. The van der Waals surface area contributed by atoms with Crippen LogP contribution < -0.4 is 15.1 Å². The summed E-state index contributed by atoms with van der Waals surface area (Å²) in [4.78, 5) is 17.1. The summed E-state index contributed by atoms with van der Waals surface area (Å²) in [7, 11) is 0. The number of carbonyl (C=O) groups excluding carboxylic acids is 1. The molecule has 1 N–H and O–H groups in total. The maximum atomic E-state index is 12.2. The molecule has 0 saturated carbocycles. The van der Waals surface area contributed by atoms with Crippen molar-refractivity contribution in [2.24, 2.45) is 0 Å². The monoisotopic (exact) mass is 357 g/mol. The van der Waals surface area contributed by atoms with Gasteiger partial charge in [-0.25, -0.2) is 0 Å². The Kier molecular flexibility index (Phi) is 5.06. The van der Waals surface area contributed by atoms with E-state index < -0.39 is 0 Å². The molecule has 27 heavy (non-hydrogen) atoms. The number of para-hydroxylation sites is 1. The Bertz CT molecular complexity index is 871. The number of rotatable bonds is 4. The fourth-order valence-corrected chi connectivity index (χ4v) is 3.41. The van der Waals surface area contributed by atoms with Gasteiger partial charge in [0.2, 0.25) is 0 Å². The van der Waals surface area contributed by atoms with Gasteiger partial charge in [0.25, 0.3) is 5.91 Å². The summed E-state index contributed by atoms with van der Waals surface area (Å²) in [6, 6.07) is 27.9. The zero-order chi connectivity index (χ0) is 18.5. The summed E-state index contributed by atoms with van der Waals surface area (Å²) in [5.41, 5.74) is 3.96. The molecule has 0 bridgehead atoms. The highest BCUT2D eigenvalue weighted by molar-refractivity contribution is 6.04. The Morgan fingerprint density at radius 2 is 1.11 bits per heavy atom. The topological polar surface area (TPSA) is 35.6 Å². The molecular formula is C23H23N3O. The third kappa shape index (κ3) is 4.11. The molecule has 1 heterocycles. The van der Waals surface area contributed by atoms with Crippen LogP contribution in [-0.2, 0) is 0 Å². The van der Waals surface area contributed by atoms with Crippen molar-refractivity contribution in [1.82, 2.24) is 0 Å². The third-order valence-electron chi connectivity index (χ3n) is 4.93. The molecule has 4 rings (SSSR count). The van der Waals surface area contributed by atoms with Gasteiger partial charge in [-0.2, -0.15) is 0 Å². The summed E-state index contributed by atoms with van der Waals surface area (Å²) in [5, 5.41) is 2.95. The number of nitrogens with one attached hydrogen (secondary N) is 1. The van der Waals surface area contributed by atoms with Crippen LogP contribution in [0.5, 0.6) is 0 Å². The van der Waals surface area contributed by atoms with E-state index in [1.165, 1.54) is 11.4 Å². The van der Waals surface area contributed by atoms with Gasteiger partial charge in [0.05, 0.1) is 0 Å². The van der Waals surface area contributed by atoms with Crippen molar-refractivity contribution in [3.8, 4) is 0 Å². The maximum Gasteiger partial charge on any atom is 0.255 e. The first-order chi connectivity index (χ1) is 13.3. The molecule has 136 valence electrons. The molecule has 4 heteroatoms. The molecule has 1 saturated heterocycles. The van der Waals surface area contributed by atoms with Gasteiger partial charge in [-0.05, 0) is 48.5 Å². The lowest BCUT2D eigenvalue weighted by molar-refractivity contribution is 0.102. The Balaban J connectivity index is 1.35. The number of hydrogen-bond donors (Lipinski definition) is 1. The number of amides is 1. The van der Waals surface area contributed by atoms with Crippen LogP contribution in [0.3, 0.4) is 0 Å². The first-order valence-electron chi connectivity index (χ1n) is 9.31. The second-order valence-corrected chi connectivity index (χ2v) is 6.68. The van der Waals surface area contributed by atoms with Crippen LogP contribution in [0.25, 0.3) is 0 Å². The van der Waals surface area contributed by atoms with Crippen LogP contribution in [-0.4, -0.2) is 32.1 Å². The van der Waals surface area contributed by atoms with Crippen LogP contribution in [0.1, 0.15) is 10.4 Å². The number of hydrogen-bond acceptors (Lipinski definition) is 3. The van der Waals surface area contributed by atoms with Gasteiger partial charge < -0.3 is 15.1 Å². The minimum Gasteiger partial charge on any atom is -0.368 e. The highest BCUT2D eigenvalue weighted by Crippen LogP contribution is 2.22. The fraction of sp³-hybridized carbons (Fsp3) is 0.174. The van der Waals surface area contributed by atoms with Crippen molar-refractivity contribution >= 4 is 23.0 Å². The molecule has 1 fully saturated rings. The average molecular weight is 357 g/mol. The van der Waals surface area contributed by atoms with Crippen molar-refractivity contribution in [1.29, 1.82) is 0 Å². The number of anilines is 3. The van der Waals surface area contributed by atoms with E-state index in [-0.39, 0.29) is 5.91 Å². The molecule has 0 unspecified atom stereocenters. The molecule has 4 nitrogen and oxygen atoms in total. The van der Waals surface area contributed by atoms with Gasteiger partial charge in [0.1, 0.15) is 0 Å². The number of nitrogens with zero attached hydrogens (tertiary/aromatic N) is 2. The van der Waals surface area contributed by atoms with E-state index >= 15 is 0 Å². The molecule has 1 aliphatic rings. The van der Waals surface area contributed by atoms with E-state index in [1.54, 1.807) is 0 Å². The summed E-state index contributed by atoms with van der Waals surface area (Å²) in [6.45, 7) is 4.00. The number of benzene rings is 3. The van der Waals surface area contributed by atoms with Crippen molar-refractivity contribution < 1.29 is 4.79 Å². The molecular weight excluding hydrogens is 334 g/mol. The molecule has 3 aromatic rings. The number of piperazine rings is 1.